The minimum Gasteiger partial charge on any atom is -0.230 e. The molecule has 0 aliphatic carbocycles. The summed E-state index contributed by atoms with van der Waals surface area (Å²) in [5.74, 6) is 1.02. The summed E-state index contributed by atoms with van der Waals surface area (Å²) >= 11 is 0. The maximum absolute atomic E-state index is 8.49. The first kappa shape index (κ1) is 16.5. The molecule has 1 aromatic carbocycles. The van der Waals surface area contributed by atoms with Crippen LogP contribution in [-0.2, 0) is 7.05 Å². The van der Waals surface area contributed by atoms with Gasteiger partial charge in [-0.15, -0.1) is 10.2 Å². The largest absolute Gasteiger partial charge is 0.330 e. The molecule has 0 fully saturated rings. The van der Waals surface area contributed by atoms with Crippen LogP contribution in [0.3, 0.4) is 0 Å². The van der Waals surface area contributed by atoms with Crippen molar-refractivity contribution in [1.29, 1.82) is 0 Å². The summed E-state index contributed by atoms with van der Waals surface area (Å²) in [6.07, 6.45) is 0. The molecule has 0 saturated heterocycles. The minimum absolute atomic E-state index is 1.02. The number of benzene rings is 1. The Hall–Kier alpha value is -1.57. The van der Waals surface area contributed by atoms with Crippen LogP contribution in [0.15, 0.2) is 36.4 Å². The van der Waals surface area contributed by atoms with Crippen LogP contribution in [0.2, 0.25) is 0 Å². The standard InChI is InChI=1S/C13H15N2.ClHO4/c1-10-9-11(2)15(3)13(14-10)12-7-5-4-6-8-12;2-1(3,4)5/h4-9H,1-3H3;(H,2,3,4,5)/q+1;/p-1. The van der Waals surface area contributed by atoms with E-state index in [0.29, 0.717) is 0 Å². The predicted molar refractivity (Wildman–Crippen MR) is 60.3 cm³/mol. The van der Waals surface area contributed by atoms with E-state index in [-0.39, 0.29) is 0 Å². The lowest BCUT2D eigenvalue weighted by atomic mass is 10.2. The fourth-order valence-corrected chi connectivity index (χ4v) is 1.69. The lowest BCUT2D eigenvalue weighted by Crippen LogP contribution is -2.68. The average molecular weight is 299 g/mol. The summed E-state index contributed by atoms with van der Waals surface area (Å²) in [7, 11) is -2.90. The van der Waals surface area contributed by atoms with Crippen LogP contribution < -0.4 is 23.2 Å². The fraction of sp³-hybridized carbons (Fsp3) is 0.231. The second-order valence-corrected chi connectivity index (χ2v) is 4.92. The third-order valence-corrected chi connectivity index (χ3v) is 2.58. The molecule has 0 N–H and O–H groups in total. The third kappa shape index (κ3) is 5.60. The smallest absolute Gasteiger partial charge is 0.230 e. The Kier molecular flexibility index (Phi) is 5.55. The van der Waals surface area contributed by atoms with Crippen LogP contribution in [0, 0.1) is 24.1 Å². The zero-order chi connectivity index (χ0) is 15.3. The molecule has 0 atom stereocenters. The highest BCUT2D eigenvalue weighted by Gasteiger charge is 2.14. The van der Waals surface area contributed by atoms with Crippen LogP contribution in [0.4, 0.5) is 0 Å². The number of nitrogens with zero attached hydrogens (tertiary/aromatic N) is 2. The molecule has 0 saturated carbocycles. The molecule has 1 heterocycles. The molecule has 2 aromatic rings. The number of aryl methyl sites for hydroxylation is 2. The van der Waals surface area contributed by atoms with E-state index in [1.807, 2.05) is 32.2 Å². The SMILES string of the molecule is Cc1cc(C)[n+](C)c(-c2ccccc2)n1.[O-][Cl+3]([O-])([O-])[O-]. The first-order valence-corrected chi connectivity index (χ1v) is 6.93. The number of rotatable bonds is 1. The normalized spacial score (nSPS) is 10.8. The molecule has 0 amide bonds. The lowest BCUT2D eigenvalue weighted by Gasteiger charge is -2.17. The fourth-order valence-electron chi connectivity index (χ4n) is 1.69. The molecule has 108 valence electrons. The van der Waals surface area contributed by atoms with Gasteiger partial charge in [0.2, 0.25) is 0 Å². The highest BCUT2D eigenvalue weighted by Crippen LogP contribution is 2.12. The maximum Gasteiger partial charge on any atom is 0.330 e. The van der Waals surface area contributed by atoms with E-state index in [9.17, 15) is 0 Å². The monoisotopic (exact) mass is 298 g/mol. The molecule has 0 bridgehead atoms. The zero-order valence-electron chi connectivity index (χ0n) is 11.4. The van der Waals surface area contributed by atoms with E-state index in [2.05, 4.69) is 34.7 Å². The number of aromatic nitrogens is 2. The van der Waals surface area contributed by atoms with Crippen LogP contribution in [0.5, 0.6) is 0 Å². The molecule has 20 heavy (non-hydrogen) atoms. The van der Waals surface area contributed by atoms with E-state index in [1.54, 1.807) is 0 Å². The molecule has 0 radical (unpaired) electrons. The summed E-state index contributed by atoms with van der Waals surface area (Å²) in [5.41, 5.74) is 3.44. The first-order chi connectivity index (χ1) is 9.18. The Morgan fingerprint density at radius 2 is 1.50 bits per heavy atom. The highest BCUT2D eigenvalue weighted by atomic mass is 35.7. The van der Waals surface area contributed by atoms with Gasteiger partial charge in [-0.05, 0) is 24.0 Å². The number of hydrogen-bond donors (Lipinski definition) is 0. The molecule has 1 aromatic heterocycles. The predicted octanol–water partition coefficient (Wildman–Crippen LogP) is -2.57. The van der Waals surface area contributed by atoms with Gasteiger partial charge in [-0.1, -0.05) is 18.2 Å². The highest BCUT2D eigenvalue weighted by molar-refractivity contribution is 5.51. The summed E-state index contributed by atoms with van der Waals surface area (Å²) in [6, 6.07) is 12.4. The van der Waals surface area contributed by atoms with Gasteiger partial charge in [-0.2, -0.15) is 0 Å². The Morgan fingerprint density at radius 3 is 2.00 bits per heavy atom. The van der Waals surface area contributed by atoms with Crippen molar-refractivity contribution in [3.8, 4) is 11.4 Å². The Bertz CT molecular complexity index is 565. The Morgan fingerprint density at radius 1 is 1.00 bits per heavy atom. The van der Waals surface area contributed by atoms with Gasteiger partial charge in [-0.3, -0.25) is 0 Å². The van der Waals surface area contributed by atoms with E-state index in [0.717, 1.165) is 17.1 Å². The van der Waals surface area contributed by atoms with Gasteiger partial charge in [0.25, 0.3) is 0 Å². The second kappa shape index (κ2) is 6.74. The van der Waals surface area contributed by atoms with E-state index in [1.165, 1.54) is 5.69 Å². The van der Waals surface area contributed by atoms with Crippen molar-refractivity contribution in [3.05, 3.63) is 47.8 Å². The summed E-state index contributed by atoms with van der Waals surface area (Å²) in [6.45, 7) is 4.13. The van der Waals surface area contributed by atoms with Gasteiger partial charge in [0.05, 0.1) is 12.6 Å². The third-order valence-electron chi connectivity index (χ3n) is 2.58. The van der Waals surface area contributed by atoms with Gasteiger partial charge < -0.3 is 0 Å². The molecule has 0 spiro atoms. The van der Waals surface area contributed by atoms with Crippen molar-refractivity contribution in [3.63, 3.8) is 0 Å². The van der Waals surface area contributed by atoms with Crippen molar-refractivity contribution in [2.75, 3.05) is 0 Å². The minimum atomic E-state index is -4.94. The maximum atomic E-state index is 8.49. The van der Waals surface area contributed by atoms with Gasteiger partial charge in [-0.25, -0.2) is 23.2 Å². The van der Waals surface area contributed by atoms with Crippen molar-refractivity contribution >= 4 is 0 Å². The molecule has 0 aliphatic rings. The van der Waals surface area contributed by atoms with Gasteiger partial charge in [0.15, 0.2) is 5.69 Å². The van der Waals surface area contributed by atoms with E-state index < -0.39 is 10.2 Å². The van der Waals surface area contributed by atoms with Crippen LogP contribution in [0.1, 0.15) is 11.4 Å². The van der Waals surface area contributed by atoms with Crippen LogP contribution >= 0.6 is 0 Å². The van der Waals surface area contributed by atoms with Gasteiger partial charge >= 0.3 is 5.82 Å². The molecule has 6 nitrogen and oxygen atoms in total. The summed E-state index contributed by atoms with van der Waals surface area (Å²) < 4.78 is 36.1. The van der Waals surface area contributed by atoms with Gasteiger partial charge in [0.1, 0.15) is 5.69 Å². The molecule has 0 unspecified atom stereocenters. The van der Waals surface area contributed by atoms with Crippen LogP contribution in [-0.4, -0.2) is 4.98 Å². The van der Waals surface area contributed by atoms with Crippen LogP contribution in [0.25, 0.3) is 11.4 Å². The van der Waals surface area contributed by atoms with Crippen molar-refractivity contribution in [1.82, 2.24) is 4.98 Å². The zero-order valence-corrected chi connectivity index (χ0v) is 12.1. The first-order valence-electron chi connectivity index (χ1n) is 5.70. The lowest BCUT2D eigenvalue weighted by molar-refractivity contribution is -2.00. The van der Waals surface area contributed by atoms with E-state index in [4.69, 9.17) is 18.6 Å². The van der Waals surface area contributed by atoms with Crippen molar-refractivity contribution in [2.24, 2.45) is 7.05 Å². The van der Waals surface area contributed by atoms with E-state index >= 15 is 0 Å². The molecule has 2 rings (SSSR count). The topological polar surface area (TPSA) is 109 Å². The summed E-state index contributed by atoms with van der Waals surface area (Å²) in [4.78, 5) is 4.57. The molecule has 7 heteroatoms. The number of hydrogen-bond acceptors (Lipinski definition) is 5. The van der Waals surface area contributed by atoms with Gasteiger partial charge in [0, 0.05) is 13.0 Å². The van der Waals surface area contributed by atoms with Crippen molar-refractivity contribution < 1.29 is 33.4 Å². The van der Waals surface area contributed by atoms with Crippen molar-refractivity contribution in [2.45, 2.75) is 13.8 Å². The Labute approximate surface area is 119 Å². The second-order valence-electron chi connectivity index (χ2n) is 4.17. The molecular weight excluding hydrogens is 284 g/mol. The Balaban J connectivity index is 0.000000347. The number of halogens is 1. The summed E-state index contributed by atoms with van der Waals surface area (Å²) in [5, 5.41) is 0. The molecule has 0 aliphatic heterocycles. The molecular formula is C13H15ClN2O4. The average Bonchev–Trinajstić information content (AvgIpc) is 2.33. The quantitative estimate of drug-likeness (QED) is 0.538.